The maximum absolute atomic E-state index is 10.3. The SMILES string of the molecule is C=CCC1CCC(OC([NH])=O)CC1. The Morgan fingerprint density at radius 1 is 1.46 bits per heavy atom. The van der Waals surface area contributed by atoms with E-state index in [1.54, 1.807) is 0 Å². The van der Waals surface area contributed by atoms with Gasteiger partial charge < -0.3 is 4.74 Å². The van der Waals surface area contributed by atoms with Crippen molar-refractivity contribution in [3.05, 3.63) is 12.7 Å². The summed E-state index contributed by atoms with van der Waals surface area (Å²) in [6, 6.07) is 0. The van der Waals surface area contributed by atoms with Crippen molar-refractivity contribution in [3.63, 3.8) is 0 Å². The van der Waals surface area contributed by atoms with Gasteiger partial charge in [0.15, 0.2) is 0 Å². The number of hydrogen-bond donors (Lipinski definition) is 0. The van der Waals surface area contributed by atoms with E-state index in [0.29, 0.717) is 5.92 Å². The van der Waals surface area contributed by atoms with E-state index in [2.05, 4.69) is 6.58 Å². The van der Waals surface area contributed by atoms with Crippen LogP contribution in [0.2, 0.25) is 0 Å². The largest absolute Gasteiger partial charge is 0.445 e. The molecule has 0 spiro atoms. The van der Waals surface area contributed by atoms with Gasteiger partial charge >= 0.3 is 6.09 Å². The van der Waals surface area contributed by atoms with Gasteiger partial charge in [0.25, 0.3) is 0 Å². The second-order valence-corrected chi connectivity index (χ2v) is 3.57. The van der Waals surface area contributed by atoms with E-state index in [4.69, 9.17) is 10.5 Å². The van der Waals surface area contributed by atoms with Crippen LogP contribution in [0.3, 0.4) is 0 Å². The number of carbonyl (C=O) groups excluding carboxylic acids is 1. The van der Waals surface area contributed by atoms with Crippen LogP contribution in [0.1, 0.15) is 32.1 Å². The van der Waals surface area contributed by atoms with E-state index in [-0.39, 0.29) is 6.10 Å². The van der Waals surface area contributed by atoms with Crippen molar-refractivity contribution in [2.24, 2.45) is 5.92 Å². The lowest BCUT2D eigenvalue weighted by Gasteiger charge is -2.26. The molecular weight excluding hydrogens is 166 g/mol. The minimum absolute atomic E-state index is 0.00827. The Hall–Kier alpha value is -0.990. The molecule has 0 heterocycles. The van der Waals surface area contributed by atoms with Gasteiger partial charge in [-0.2, -0.15) is 0 Å². The molecule has 3 heteroatoms. The van der Waals surface area contributed by atoms with Crippen LogP contribution in [0.15, 0.2) is 12.7 Å². The highest BCUT2D eigenvalue weighted by Crippen LogP contribution is 2.28. The third-order valence-corrected chi connectivity index (χ3v) is 2.57. The lowest BCUT2D eigenvalue weighted by atomic mass is 9.85. The fraction of sp³-hybridized carbons (Fsp3) is 0.700. The Morgan fingerprint density at radius 3 is 2.54 bits per heavy atom. The summed E-state index contributed by atoms with van der Waals surface area (Å²) in [5.41, 5.74) is 6.67. The first-order chi connectivity index (χ1) is 6.22. The van der Waals surface area contributed by atoms with Gasteiger partial charge in [-0.05, 0) is 38.0 Å². The molecule has 0 aromatic carbocycles. The number of nitrogens with one attached hydrogen (secondary N) is 1. The summed E-state index contributed by atoms with van der Waals surface area (Å²) in [5, 5.41) is 0. The molecule has 1 radical (unpaired) electrons. The molecule has 0 aromatic rings. The van der Waals surface area contributed by atoms with Crippen molar-refractivity contribution in [2.75, 3.05) is 0 Å². The van der Waals surface area contributed by atoms with Gasteiger partial charge in [0.1, 0.15) is 6.10 Å². The summed E-state index contributed by atoms with van der Waals surface area (Å²) >= 11 is 0. The van der Waals surface area contributed by atoms with Crippen LogP contribution in [0.5, 0.6) is 0 Å². The number of hydrogen-bond acceptors (Lipinski definition) is 2. The average Bonchev–Trinajstić information content (AvgIpc) is 2.08. The van der Waals surface area contributed by atoms with E-state index >= 15 is 0 Å². The van der Waals surface area contributed by atoms with Crippen molar-refractivity contribution >= 4 is 6.09 Å². The minimum atomic E-state index is -0.896. The molecule has 13 heavy (non-hydrogen) atoms. The third-order valence-electron chi connectivity index (χ3n) is 2.57. The summed E-state index contributed by atoms with van der Waals surface area (Å²) in [5.74, 6) is 0.707. The Labute approximate surface area is 78.9 Å². The van der Waals surface area contributed by atoms with E-state index < -0.39 is 6.09 Å². The van der Waals surface area contributed by atoms with E-state index in [1.807, 2.05) is 6.08 Å². The normalized spacial score (nSPS) is 28.0. The van der Waals surface area contributed by atoms with Gasteiger partial charge in [-0.1, -0.05) is 6.08 Å². The van der Waals surface area contributed by atoms with Crippen molar-refractivity contribution in [1.82, 2.24) is 5.73 Å². The van der Waals surface area contributed by atoms with Crippen molar-refractivity contribution < 1.29 is 9.53 Å². The summed E-state index contributed by atoms with van der Waals surface area (Å²) in [6.45, 7) is 3.71. The average molecular weight is 182 g/mol. The molecule has 73 valence electrons. The Bertz CT molecular complexity index is 183. The van der Waals surface area contributed by atoms with Crippen LogP contribution in [0.25, 0.3) is 0 Å². The van der Waals surface area contributed by atoms with Crippen LogP contribution < -0.4 is 5.73 Å². The molecule has 0 aliphatic heterocycles. The summed E-state index contributed by atoms with van der Waals surface area (Å²) in [7, 11) is 0. The molecule has 1 N–H and O–H groups in total. The number of carbonyl (C=O) groups is 1. The number of amides is 1. The number of ether oxygens (including phenoxy) is 1. The highest BCUT2D eigenvalue weighted by atomic mass is 16.6. The fourth-order valence-corrected chi connectivity index (χ4v) is 1.87. The predicted octanol–water partition coefficient (Wildman–Crippen LogP) is 2.54. The third kappa shape index (κ3) is 3.49. The molecule has 0 atom stereocenters. The van der Waals surface area contributed by atoms with Gasteiger partial charge in [-0.3, -0.25) is 0 Å². The quantitative estimate of drug-likeness (QED) is 0.630. The first-order valence-electron chi connectivity index (χ1n) is 4.75. The standard InChI is InChI=1S/C10H16NO2/c1-2-3-8-4-6-9(7-5-8)13-10(11)12/h2,8-9,11H,1,3-7H2. The molecule has 0 bridgehead atoms. The zero-order chi connectivity index (χ0) is 9.68. The van der Waals surface area contributed by atoms with Gasteiger partial charge in [0.05, 0.1) is 0 Å². The fourth-order valence-electron chi connectivity index (χ4n) is 1.87. The molecule has 1 rings (SSSR count). The molecule has 0 saturated heterocycles. The molecule has 3 nitrogen and oxygen atoms in total. The molecule has 1 aliphatic carbocycles. The second kappa shape index (κ2) is 4.90. The van der Waals surface area contributed by atoms with E-state index in [1.165, 1.54) is 0 Å². The van der Waals surface area contributed by atoms with Crippen LogP contribution in [-0.2, 0) is 4.74 Å². The second-order valence-electron chi connectivity index (χ2n) is 3.57. The maximum atomic E-state index is 10.3. The topological polar surface area (TPSA) is 50.1 Å². The van der Waals surface area contributed by atoms with E-state index in [9.17, 15) is 4.79 Å². The van der Waals surface area contributed by atoms with Crippen LogP contribution in [0.4, 0.5) is 4.79 Å². The minimum Gasteiger partial charge on any atom is -0.445 e. The summed E-state index contributed by atoms with van der Waals surface area (Å²) in [4.78, 5) is 10.3. The van der Waals surface area contributed by atoms with Crippen molar-refractivity contribution in [3.8, 4) is 0 Å². The monoisotopic (exact) mass is 182 g/mol. The molecule has 1 aliphatic rings. The summed E-state index contributed by atoms with van der Waals surface area (Å²) in [6.07, 6.45) is 6.08. The van der Waals surface area contributed by atoms with Crippen LogP contribution in [0, 0.1) is 5.92 Å². The number of rotatable bonds is 3. The first-order valence-corrected chi connectivity index (χ1v) is 4.75. The van der Waals surface area contributed by atoms with E-state index in [0.717, 1.165) is 32.1 Å². The van der Waals surface area contributed by atoms with Crippen molar-refractivity contribution in [1.29, 1.82) is 0 Å². The van der Waals surface area contributed by atoms with Gasteiger partial charge in [0, 0.05) is 0 Å². The Balaban J connectivity index is 2.22. The molecule has 1 saturated carbocycles. The Kier molecular flexibility index (Phi) is 3.80. The molecule has 0 unspecified atom stereocenters. The smallest absolute Gasteiger partial charge is 0.426 e. The highest BCUT2D eigenvalue weighted by molar-refractivity contribution is 5.63. The maximum Gasteiger partial charge on any atom is 0.426 e. The van der Waals surface area contributed by atoms with Gasteiger partial charge in [0.2, 0.25) is 0 Å². The zero-order valence-electron chi connectivity index (χ0n) is 7.79. The molecule has 1 amide bonds. The number of allylic oxidation sites excluding steroid dienone is 1. The highest BCUT2D eigenvalue weighted by Gasteiger charge is 2.22. The first kappa shape index (κ1) is 10.1. The van der Waals surface area contributed by atoms with Crippen LogP contribution in [-0.4, -0.2) is 12.2 Å². The van der Waals surface area contributed by atoms with Crippen molar-refractivity contribution in [2.45, 2.75) is 38.2 Å². The Morgan fingerprint density at radius 2 is 2.08 bits per heavy atom. The lowest BCUT2D eigenvalue weighted by Crippen LogP contribution is -2.24. The zero-order valence-corrected chi connectivity index (χ0v) is 7.79. The summed E-state index contributed by atoms with van der Waals surface area (Å²) < 4.78 is 4.82. The predicted molar refractivity (Wildman–Crippen MR) is 50.1 cm³/mol. The lowest BCUT2D eigenvalue weighted by molar-refractivity contribution is 0.0702. The molecule has 1 fully saturated rings. The molecule has 0 aromatic heterocycles. The van der Waals surface area contributed by atoms with Gasteiger partial charge in [-0.25, -0.2) is 10.5 Å². The van der Waals surface area contributed by atoms with Crippen LogP contribution >= 0.6 is 0 Å². The molecular formula is C10H16NO2. The van der Waals surface area contributed by atoms with Gasteiger partial charge in [-0.15, -0.1) is 6.58 Å².